The Bertz CT molecular complexity index is 1050. The van der Waals surface area contributed by atoms with E-state index in [1.165, 1.54) is 13.2 Å². The summed E-state index contributed by atoms with van der Waals surface area (Å²) in [6.45, 7) is 3.87. The number of methoxy groups -OCH3 is 1. The van der Waals surface area contributed by atoms with Crippen LogP contribution in [0.1, 0.15) is 29.7 Å². The summed E-state index contributed by atoms with van der Waals surface area (Å²) >= 11 is 0. The number of rotatable bonds is 4. The number of phenolic OH excluding ortho intramolecular Hbond substituents is 1. The molecule has 3 aromatic rings. The zero-order chi connectivity index (χ0) is 20.6. The molecule has 0 amide bonds. The van der Waals surface area contributed by atoms with Crippen molar-refractivity contribution < 1.29 is 19.3 Å². The maximum absolute atomic E-state index is 13.9. The topological polar surface area (TPSA) is 65.8 Å². The summed E-state index contributed by atoms with van der Waals surface area (Å²) in [5, 5.41) is 21.9. The average molecular weight is 396 g/mol. The van der Waals surface area contributed by atoms with Crippen LogP contribution in [-0.4, -0.2) is 40.3 Å². The molecule has 1 aliphatic rings. The molecule has 4 rings (SSSR count). The number of likely N-dealkylation sites (tertiary alicyclic amines) is 1. The predicted molar refractivity (Wildman–Crippen MR) is 110 cm³/mol. The largest absolute Gasteiger partial charge is 0.502 e. The Hall–Kier alpha value is -2.70. The van der Waals surface area contributed by atoms with Crippen LogP contribution in [0, 0.1) is 12.7 Å². The molecular formula is C23H25FN2O3. The first-order valence-electron chi connectivity index (χ1n) is 9.76. The molecule has 0 saturated carbocycles. The molecule has 0 atom stereocenters. The number of aromatic hydroxyl groups is 1. The van der Waals surface area contributed by atoms with Crippen molar-refractivity contribution in [2.24, 2.45) is 0 Å². The van der Waals surface area contributed by atoms with Crippen molar-refractivity contribution >= 4 is 10.9 Å². The lowest BCUT2D eigenvalue weighted by molar-refractivity contribution is -0.0276. The lowest BCUT2D eigenvalue weighted by Gasteiger charge is -2.38. The summed E-state index contributed by atoms with van der Waals surface area (Å²) < 4.78 is 18.9. The molecule has 2 heterocycles. The third-order valence-corrected chi connectivity index (χ3v) is 5.76. The normalized spacial score (nSPS) is 16.8. The fraction of sp³-hybridized carbons (Fsp3) is 0.348. The van der Waals surface area contributed by atoms with Gasteiger partial charge < -0.3 is 14.9 Å². The van der Waals surface area contributed by atoms with Gasteiger partial charge >= 0.3 is 0 Å². The zero-order valence-corrected chi connectivity index (χ0v) is 16.7. The summed E-state index contributed by atoms with van der Waals surface area (Å²) in [7, 11) is 1.40. The minimum absolute atomic E-state index is 0.133. The zero-order valence-electron chi connectivity index (χ0n) is 16.7. The van der Waals surface area contributed by atoms with Crippen LogP contribution in [0.3, 0.4) is 0 Å². The van der Waals surface area contributed by atoms with E-state index in [0.717, 1.165) is 27.7 Å². The second-order valence-electron chi connectivity index (χ2n) is 7.80. The highest BCUT2D eigenvalue weighted by Crippen LogP contribution is 2.35. The predicted octanol–water partition coefficient (Wildman–Crippen LogP) is 3.88. The van der Waals surface area contributed by atoms with Gasteiger partial charge in [-0.05, 0) is 61.2 Å². The number of hydrogen-bond donors (Lipinski definition) is 2. The van der Waals surface area contributed by atoms with Crippen LogP contribution in [0.25, 0.3) is 10.9 Å². The molecule has 1 aliphatic heterocycles. The number of hydrogen-bond acceptors (Lipinski definition) is 5. The van der Waals surface area contributed by atoms with Crippen molar-refractivity contribution in [1.29, 1.82) is 0 Å². The van der Waals surface area contributed by atoms with Crippen LogP contribution < -0.4 is 4.74 Å². The molecule has 2 N–H and O–H groups in total. The lowest BCUT2D eigenvalue weighted by Crippen LogP contribution is -2.42. The van der Waals surface area contributed by atoms with Gasteiger partial charge in [-0.15, -0.1) is 0 Å². The number of phenols is 1. The van der Waals surface area contributed by atoms with Crippen LogP contribution in [-0.2, 0) is 12.1 Å². The third kappa shape index (κ3) is 3.91. The standard InChI is InChI=1S/C23H25FN2O3/c1-15-3-4-17-13-18(5-6-20(17)25-15)23(28)7-9-26(10-8-23)14-16-11-19(24)22(27)21(12-16)29-2/h3-6,11-13,27-28H,7-10,14H2,1-2H3. The van der Waals surface area contributed by atoms with E-state index in [1.807, 2.05) is 37.3 Å². The molecule has 0 unspecified atom stereocenters. The maximum atomic E-state index is 13.9. The number of aliphatic hydroxyl groups is 1. The summed E-state index contributed by atoms with van der Waals surface area (Å²) in [5.74, 6) is -1.02. The molecule has 1 fully saturated rings. The SMILES string of the molecule is COc1cc(CN2CCC(O)(c3ccc4nc(C)ccc4c3)CC2)cc(F)c1O. The van der Waals surface area contributed by atoms with Gasteiger partial charge in [-0.1, -0.05) is 12.1 Å². The lowest BCUT2D eigenvalue weighted by atomic mass is 9.84. The van der Waals surface area contributed by atoms with E-state index < -0.39 is 17.2 Å². The van der Waals surface area contributed by atoms with Gasteiger partial charge in [0, 0.05) is 30.7 Å². The molecule has 152 valence electrons. The van der Waals surface area contributed by atoms with Crippen molar-refractivity contribution in [3.63, 3.8) is 0 Å². The van der Waals surface area contributed by atoms with Gasteiger partial charge in [-0.3, -0.25) is 9.88 Å². The monoisotopic (exact) mass is 396 g/mol. The Labute approximate surface area is 169 Å². The van der Waals surface area contributed by atoms with Gasteiger partial charge in [0.2, 0.25) is 0 Å². The van der Waals surface area contributed by atoms with E-state index in [-0.39, 0.29) is 5.75 Å². The van der Waals surface area contributed by atoms with Crippen molar-refractivity contribution in [2.45, 2.75) is 31.9 Å². The van der Waals surface area contributed by atoms with Gasteiger partial charge in [-0.2, -0.15) is 0 Å². The highest BCUT2D eigenvalue weighted by atomic mass is 19.1. The Kier molecular flexibility index (Phi) is 5.15. The number of aryl methyl sites for hydroxylation is 1. The molecule has 5 nitrogen and oxygen atoms in total. The van der Waals surface area contributed by atoms with E-state index in [9.17, 15) is 14.6 Å². The molecule has 0 radical (unpaired) electrons. The first kappa shape index (κ1) is 19.6. The second-order valence-corrected chi connectivity index (χ2v) is 7.80. The van der Waals surface area contributed by atoms with Crippen LogP contribution in [0.4, 0.5) is 4.39 Å². The Balaban J connectivity index is 1.47. The van der Waals surface area contributed by atoms with E-state index in [0.29, 0.717) is 32.5 Å². The van der Waals surface area contributed by atoms with E-state index >= 15 is 0 Å². The van der Waals surface area contributed by atoms with Gasteiger partial charge in [0.1, 0.15) is 0 Å². The quantitative estimate of drug-likeness (QED) is 0.701. The Morgan fingerprint density at radius 3 is 2.62 bits per heavy atom. The van der Waals surface area contributed by atoms with Crippen molar-refractivity contribution in [1.82, 2.24) is 9.88 Å². The highest BCUT2D eigenvalue weighted by Gasteiger charge is 2.34. The molecular weight excluding hydrogens is 371 g/mol. The molecule has 0 bridgehead atoms. The first-order chi connectivity index (χ1) is 13.9. The van der Waals surface area contributed by atoms with Crippen LogP contribution in [0.15, 0.2) is 42.5 Å². The van der Waals surface area contributed by atoms with Crippen LogP contribution >= 0.6 is 0 Å². The molecule has 0 spiro atoms. The van der Waals surface area contributed by atoms with E-state index in [1.54, 1.807) is 6.07 Å². The number of halogens is 1. The van der Waals surface area contributed by atoms with Crippen LogP contribution in [0.5, 0.6) is 11.5 Å². The second kappa shape index (κ2) is 7.61. The van der Waals surface area contributed by atoms with E-state index in [4.69, 9.17) is 4.74 Å². The van der Waals surface area contributed by atoms with Crippen LogP contribution in [0.2, 0.25) is 0 Å². The van der Waals surface area contributed by atoms with Gasteiger partial charge in [0.25, 0.3) is 0 Å². The molecule has 29 heavy (non-hydrogen) atoms. The number of pyridine rings is 1. The molecule has 1 saturated heterocycles. The maximum Gasteiger partial charge on any atom is 0.194 e. The number of aromatic nitrogens is 1. The van der Waals surface area contributed by atoms with Crippen molar-refractivity contribution in [3.8, 4) is 11.5 Å². The van der Waals surface area contributed by atoms with Crippen molar-refractivity contribution in [2.75, 3.05) is 20.2 Å². The molecule has 1 aromatic heterocycles. The first-order valence-corrected chi connectivity index (χ1v) is 9.76. The van der Waals surface area contributed by atoms with Gasteiger partial charge in [-0.25, -0.2) is 4.39 Å². The third-order valence-electron chi connectivity index (χ3n) is 5.76. The highest BCUT2D eigenvalue weighted by molar-refractivity contribution is 5.79. The Morgan fingerprint density at radius 2 is 1.90 bits per heavy atom. The minimum Gasteiger partial charge on any atom is -0.502 e. The fourth-order valence-electron chi connectivity index (χ4n) is 4.02. The summed E-state index contributed by atoms with van der Waals surface area (Å²) in [5.41, 5.74) is 2.66. The number of ether oxygens (including phenoxy) is 1. The molecule has 6 heteroatoms. The van der Waals surface area contributed by atoms with Gasteiger partial charge in [0.05, 0.1) is 18.2 Å². The molecule has 0 aliphatic carbocycles. The number of fused-ring (bicyclic) bond motifs is 1. The van der Waals surface area contributed by atoms with Crippen molar-refractivity contribution in [3.05, 3.63) is 65.1 Å². The number of nitrogens with zero attached hydrogens (tertiary/aromatic N) is 2. The minimum atomic E-state index is -0.881. The smallest absolute Gasteiger partial charge is 0.194 e. The summed E-state index contributed by atoms with van der Waals surface area (Å²) in [6, 6.07) is 12.9. The Morgan fingerprint density at radius 1 is 1.14 bits per heavy atom. The summed E-state index contributed by atoms with van der Waals surface area (Å²) in [6.07, 6.45) is 1.19. The van der Waals surface area contributed by atoms with E-state index in [2.05, 4.69) is 9.88 Å². The van der Waals surface area contributed by atoms with Gasteiger partial charge in [0.15, 0.2) is 17.3 Å². The molecule has 2 aromatic carbocycles. The fourth-order valence-corrected chi connectivity index (χ4v) is 4.02. The summed E-state index contributed by atoms with van der Waals surface area (Å²) in [4.78, 5) is 6.69. The average Bonchev–Trinajstić information content (AvgIpc) is 2.72. The number of benzene rings is 2. The number of piperidine rings is 1.